The Morgan fingerprint density at radius 2 is 1.72 bits per heavy atom. The summed E-state index contributed by atoms with van der Waals surface area (Å²) in [5.74, 6) is -0.257. The van der Waals surface area contributed by atoms with Gasteiger partial charge in [0.1, 0.15) is 17.6 Å². The van der Waals surface area contributed by atoms with Crippen molar-refractivity contribution in [1.29, 1.82) is 0 Å². The molecule has 1 atom stereocenters. The van der Waals surface area contributed by atoms with E-state index in [9.17, 15) is 9.59 Å². The van der Waals surface area contributed by atoms with Crippen molar-refractivity contribution >= 4 is 34.1 Å². The molecule has 2 heterocycles. The zero-order valence-electron chi connectivity index (χ0n) is 19.3. The highest BCUT2D eigenvalue weighted by molar-refractivity contribution is 5.99. The van der Waals surface area contributed by atoms with Crippen LogP contribution in [0.1, 0.15) is 27.7 Å². The third kappa shape index (κ3) is 4.78. The average molecular weight is 477 g/mol. The molecule has 0 aliphatic rings. The first-order chi connectivity index (χ1) is 17.5. The molecule has 1 unspecified atom stereocenters. The third-order valence-corrected chi connectivity index (χ3v) is 6.07. The van der Waals surface area contributed by atoms with Crippen molar-refractivity contribution in [3.8, 4) is 11.3 Å². The number of rotatable bonds is 7. The van der Waals surface area contributed by atoms with Gasteiger partial charge in [0.15, 0.2) is 0 Å². The number of carbonyl (C=O) groups is 2. The number of nitrogens with one attached hydrogen (secondary N) is 2. The van der Waals surface area contributed by atoms with E-state index in [1.807, 2.05) is 54.6 Å². The van der Waals surface area contributed by atoms with Crippen molar-refractivity contribution in [3.63, 3.8) is 0 Å². The molecule has 5 aromatic rings. The molecule has 8 heteroatoms. The van der Waals surface area contributed by atoms with E-state index in [0.717, 1.165) is 27.6 Å². The number of fused-ring (bicyclic) bond motifs is 1. The maximum Gasteiger partial charge on any atom is 0.248 e. The number of amides is 2. The van der Waals surface area contributed by atoms with Gasteiger partial charge in [-0.1, -0.05) is 42.5 Å². The van der Waals surface area contributed by atoms with Crippen LogP contribution in [0.3, 0.4) is 0 Å². The van der Waals surface area contributed by atoms with E-state index in [2.05, 4.69) is 20.3 Å². The minimum atomic E-state index is -0.566. The molecule has 2 aromatic heterocycles. The summed E-state index contributed by atoms with van der Waals surface area (Å²) in [6.45, 7) is 0. The summed E-state index contributed by atoms with van der Waals surface area (Å²) in [4.78, 5) is 36.8. The number of hydrogen-bond acceptors (Lipinski definition) is 5. The molecule has 0 bridgehead atoms. The number of hydrogen-bond donors (Lipinski definition) is 4. The number of primary amides is 1. The highest BCUT2D eigenvalue weighted by Gasteiger charge is 2.25. The highest BCUT2D eigenvalue weighted by Crippen LogP contribution is 2.27. The van der Waals surface area contributed by atoms with Crippen molar-refractivity contribution in [2.24, 2.45) is 5.73 Å². The normalized spacial score (nSPS) is 11.8. The van der Waals surface area contributed by atoms with E-state index >= 15 is 0 Å². The van der Waals surface area contributed by atoms with E-state index < -0.39 is 11.8 Å². The van der Waals surface area contributed by atoms with Gasteiger partial charge in [-0.2, -0.15) is 0 Å². The van der Waals surface area contributed by atoms with Crippen LogP contribution in [-0.4, -0.2) is 26.8 Å². The Balaban J connectivity index is 1.44. The van der Waals surface area contributed by atoms with E-state index in [1.54, 1.807) is 36.7 Å². The molecule has 0 aliphatic heterocycles. The van der Waals surface area contributed by atoms with Crippen LogP contribution in [0.4, 0.5) is 11.5 Å². The second-order valence-corrected chi connectivity index (χ2v) is 8.49. The minimum Gasteiger partial charge on any atom is -0.383 e. The van der Waals surface area contributed by atoms with Crippen molar-refractivity contribution in [2.75, 3.05) is 11.1 Å². The Hall–Kier alpha value is -4.98. The standard InChI is InChI=1S/C28H24N6O2/c29-25-22-11-10-21(15-20(22)12-13-31-25)33-28(36)23(14-17-4-2-1-3-5-17)27-32-16-24(34-27)18-6-8-19(9-7-18)26(30)35/h1-13,15-16,23H,14H2,(H2,29,31)(H2,30,35)(H,32,34)(H,33,36). The third-order valence-electron chi connectivity index (χ3n) is 6.07. The SMILES string of the molecule is NC(=O)c1ccc(-c2cnc(C(Cc3ccccc3)C(=O)Nc3ccc4c(N)nccc4c3)[nH]2)cc1. The summed E-state index contributed by atoms with van der Waals surface area (Å²) in [6.07, 6.45) is 3.79. The number of nitrogen functional groups attached to an aromatic ring is 1. The lowest BCUT2D eigenvalue weighted by Gasteiger charge is -2.16. The number of benzene rings is 3. The quantitative estimate of drug-likeness (QED) is 0.278. The molecule has 0 spiro atoms. The summed E-state index contributed by atoms with van der Waals surface area (Å²) < 4.78 is 0. The molecular weight excluding hydrogens is 452 g/mol. The number of H-pyrrole nitrogens is 1. The van der Waals surface area contributed by atoms with Crippen LogP contribution in [0, 0.1) is 0 Å². The topological polar surface area (TPSA) is 140 Å². The lowest BCUT2D eigenvalue weighted by molar-refractivity contribution is -0.117. The first-order valence-corrected chi connectivity index (χ1v) is 11.4. The van der Waals surface area contributed by atoms with Crippen LogP contribution >= 0.6 is 0 Å². The second-order valence-electron chi connectivity index (χ2n) is 8.49. The molecule has 178 valence electrons. The van der Waals surface area contributed by atoms with Gasteiger partial charge >= 0.3 is 0 Å². The molecule has 5 rings (SSSR count). The van der Waals surface area contributed by atoms with Crippen LogP contribution in [0.15, 0.2) is 91.3 Å². The molecule has 0 radical (unpaired) electrons. The largest absolute Gasteiger partial charge is 0.383 e. The fraction of sp³-hybridized carbons (Fsp3) is 0.0714. The first-order valence-electron chi connectivity index (χ1n) is 11.4. The number of pyridine rings is 1. The highest BCUT2D eigenvalue weighted by atomic mass is 16.2. The van der Waals surface area contributed by atoms with Gasteiger partial charge in [0, 0.05) is 22.8 Å². The summed E-state index contributed by atoms with van der Waals surface area (Å²) in [5.41, 5.74) is 15.0. The maximum absolute atomic E-state index is 13.5. The molecule has 0 aliphatic carbocycles. The summed E-state index contributed by atoms with van der Waals surface area (Å²) >= 11 is 0. The monoisotopic (exact) mass is 476 g/mol. The number of nitrogens with two attached hydrogens (primary N) is 2. The lowest BCUT2D eigenvalue weighted by atomic mass is 9.97. The summed E-state index contributed by atoms with van der Waals surface area (Å²) in [6, 6.07) is 24.1. The number of imidazole rings is 1. The van der Waals surface area contributed by atoms with Crippen LogP contribution < -0.4 is 16.8 Å². The van der Waals surface area contributed by atoms with Gasteiger partial charge in [0.25, 0.3) is 0 Å². The van der Waals surface area contributed by atoms with E-state index in [1.165, 1.54) is 0 Å². The molecule has 0 fully saturated rings. The summed E-state index contributed by atoms with van der Waals surface area (Å²) in [7, 11) is 0. The molecular formula is C28H24N6O2. The fourth-order valence-electron chi connectivity index (χ4n) is 4.15. The molecule has 2 amide bonds. The van der Waals surface area contributed by atoms with Gasteiger partial charge in [-0.25, -0.2) is 9.97 Å². The molecule has 3 aromatic carbocycles. The van der Waals surface area contributed by atoms with Gasteiger partial charge in [-0.3, -0.25) is 9.59 Å². The van der Waals surface area contributed by atoms with Crippen LogP contribution in [-0.2, 0) is 11.2 Å². The Morgan fingerprint density at radius 1 is 0.944 bits per heavy atom. The number of carbonyl (C=O) groups excluding carboxylic acids is 2. The smallest absolute Gasteiger partial charge is 0.248 e. The van der Waals surface area contributed by atoms with Crippen LogP contribution in [0.5, 0.6) is 0 Å². The number of anilines is 2. The number of nitrogens with zero attached hydrogens (tertiary/aromatic N) is 2. The zero-order valence-corrected chi connectivity index (χ0v) is 19.3. The van der Waals surface area contributed by atoms with Gasteiger partial charge < -0.3 is 21.8 Å². The Labute approximate surface area is 207 Å². The molecule has 0 saturated carbocycles. The van der Waals surface area contributed by atoms with Gasteiger partial charge in [-0.15, -0.1) is 0 Å². The van der Waals surface area contributed by atoms with Gasteiger partial charge in [0.2, 0.25) is 11.8 Å². The Bertz CT molecular complexity index is 1540. The Kier molecular flexibility index (Phi) is 6.15. The maximum atomic E-state index is 13.5. The van der Waals surface area contributed by atoms with Crippen molar-refractivity contribution in [1.82, 2.24) is 15.0 Å². The first kappa shape index (κ1) is 22.8. The molecule has 8 nitrogen and oxygen atoms in total. The van der Waals surface area contributed by atoms with Crippen molar-refractivity contribution < 1.29 is 9.59 Å². The van der Waals surface area contributed by atoms with E-state index in [-0.39, 0.29) is 5.91 Å². The molecule has 0 saturated heterocycles. The van der Waals surface area contributed by atoms with Crippen molar-refractivity contribution in [2.45, 2.75) is 12.3 Å². The molecule has 36 heavy (non-hydrogen) atoms. The van der Waals surface area contributed by atoms with Crippen LogP contribution in [0.2, 0.25) is 0 Å². The summed E-state index contributed by atoms with van der Waals surface area (Å²) in [5, 5.41) is 4.75. The predicted molar refractivity (Wildman–Crippen MR) is 140 cm³/mol. The average Bonchev–Trinajstić information content (AvgIpc) is 3.38. The van der Waals surface area contributed by atoms with Gasteiger partial charge in [0.05, 0.1) is 11.9 Å². The fourth-order valence-corrected chi connectivity index (χ4v) is 4.15. The Morgan fingerprint density at radius 3 is 2.47 bits per heavy atom. The predicted octanol–water partition coefficient (Wildman–Crippen LogP) is 4.27. The zero-order chi connectivity index (χ0) is 25.1. The van der Waals surface area contributed by atoms with Crippen molar-refractivity contribution in [3.05, 3.63) is 108 Å². The van der Waals surface area contributed by atoms with E-state index in [0.29, 0.717) is 29.3 Å². The minimum absolute atomic E-state index is 0.190. The lowest BCUT2D eigenvalue weighted by Crippen LogP contribution is -2.24. The second kappa shape index (κ2) is 9.71. The molecule has 6 N–H and O–H groups in total. The number of aromatic nitrogens is 3. The number of aromatic amines is 1. The van der Waals surface area contributed by atoms with E-state index in [4.69, 9.17) is 11.5 Å². The van der Waals surface area contributed by atoms with Gasteiger partial charge in [-0.05, 0) is 59.3 Å². The van der Waals surface area contributed by atoms with Crippen LogP contribution in [0.25, 0.3) is 22.0 Å².